The molecule has 1 aromatic heterocycles. The van der Waals surface area contributed by atoms with E-state index in [0.717, 1.165) is 18.9 Å². The Balaban J connectivity index is 1.95. The van der Waals surface area contributed by atoms with E-state index in [9.17, 15) is 4.79 Å². The Kier molecular flexibility index (Phi) is 6.20. The van der Waals surface area contributed by atoms with Crippen LogP contribution in [0.2, 0.25) is 0 Å². The molecule has 124 valence electrons. The van der Waals surface area contributed by atoms with Gasteiger partial charge < -0.3 is 14.8 Å². The molecule has 0 atom stereocenters. The fourth-order valence-corrected chi connectivity index (χ4v) is 2.47. The number of carbonyl (C=O) groups is 1. The predicted octanol–water partition coefficient (Wildman–Crippen LogP) is 2.98. The summed E-state index contributed by atoms with van der Waals surface area (Å²) in [6.07, 6.45) is 5.96. The Morgan fingerprint density at radius 3 is 2.57 bits per heavy atom. The molecule has 1 aromatic carbocycles. The zero-order valence-electron chi connectivity index (χ0n) is 14.2. The molecule has 23 heavy (non-hydrogen) atoms. The summed E-state index contributed by atoms with van der Waals surface area (Å²) in [6, 6.07) is 7.82. The van der Waals surface area contributed by atoms with Crippen molar-refractivity contribution in [2.45, 2.75) is 33.2 Å². The Hall–Kier alpha value is -2.30. The number of carbonyl (C=O) groups excluding carboxylic acids is 1. The van der Waals surface area contributed by atoms with Crippen molar-refractivity contribution in [1.29, 1.82) is 0 Å². The lowest BCUT2D eigenvalue weighted by atomic mass is 10.1. The number of benzene rings is 1. The van der Waals surface area contributed by atoms with Crippen molar-refractivity contribution >= 4 is 11.6 Å². The van der Waals surface area contributed by atoms with Crippen molar-refractivity contribution in [1.82, 2.24) is 14.9 Å². The highest BCUT2D eigenvalue weighted by Gasteiger charge is 2.09. The van der Waals surface area contributed by atoms with E-state index in [2.05, 4.69) is 29.0 Å². The molecule has 1 amide bonds. The first kappa shape index (κ1) is 17.1. The van der Waals surface area contributed by atoms with Gasteiger partial charge in [-0.15, -0.1) is 0 Å². The Labute approximate surface area is 138 Å². The Morgan fingerprint density at radius 1 is 1.26 bits per heavy atom. The molecule has 2 aromatic rings. The van der Waals surface area contributed by atoms with Crippen molar-refractivity contribution < 1.29 is 4.79 Å². The molecule has 2 rings (SSSR count). The van der Waals surface area contributed by atoms with Crippen LogP contribution in [0.15, 0.2) is 36.7 Å². The topological polar surface area (TPSA) is 50.2 Å². The van der Waals surface area contributed by atoms with Crippen molar-refractivity contribution in [2.75, 3.05) is 18.0 Å². The second-order valence-electron chi connectivity index (χ2n) is 5.62. The van der Waals surface area contributed by atoms with Gasteiger partial charge in [0.05, 0.1) is 6.54 Å². The third-order valence-electron chi connectivity index (χ3n) is 3.99. The summed E-state index contributed by atoms with van der Waals surface area (Å²) < 4.78 is 1.90. The van der Waals surface area contributed by atoms with Gasteiger partial charge in [0.1, 0.15) is 5.82 Å². The average molecular weight is 314 g/mol. The summed E-state index contributed by atoms with van der Waals surface area (Å²) in [5.74, 6) is 0.767. The first-order chi connectivity index (χ1) is 11.2. The molecule has 0 aliphatic carbocycles. The summed E-state index contributed by atoms with van der Waals surface area (Å²) in [4.78, 5) is 18.7. The highest BCUT2D eigenvalue weighted by atomic mass is 16.1. The zero-order valence-corrected chi connectivity index (χ0v) is 14.2. The van der Waals surface area contributed by atoms with Crippen LogP contribution in [0, 0.1) is 0 Å². The second-order valence-corrected chi connectivity index (χ2v) is 5.62. The number of anilines is 1. The average Bonchev–Trinajstić information content (AvgIpc) is 2.99. The van der Waals surface area contributed by atoms with Crippen LogP contribution < -0.4 is 10.2 Å². The van der Waals surface area contributed by atoms with Gasteiger partial charge in [-0.3, -0.25) is 4.79 Å². The highest BCUT2D eigenvalue weighted by molar-refractivity contribution is 5.94. The van der Waals surface area contributed by atoms with Gasteiger partial charge in [-0.2, -0.15) is 0 Å². The van der Waals surface area contributed by atoms with Crippen molar-refractivity contribution in [3.8, 4) is 0 Å². The summed E-state index contributed by atoms with van der Waals surface area (Å²) in [7, 11) is 1.92. The molecule has 0 aliphatic rings. The monoisotopic (exact) mass is 314 g/mol. The lowest BCUT2D eigenvalue weighted by Gasteiger charge is -2.23. The van der Waals surface area contributed by atoms with Gasteiger partial charge in [0.25, 0.3) is 5.91 Å². The highest BCUT2D eigenvalue weighted by Crippen LogP contribution is 2.16. The SMILES string of the molecule is CCCCN(CC)c1ccc(C(=O)NCc2nccn2C)cc1. The van der Waals surface area contributed by atoms with E-state index in [1.54, 1.807) is 6.20 Å². The Bertz CT molecular complexity index is 618. The number of hydrogen-bond donors (Lipinski definition) is 1. The molecule has 0 saturated carbocycles. The van der Waals surface area contributed by atoms with E-state index in [4.69, 9.17) is 0 Å². The first-order valence-corrected chi connectivity index (χ1v) is 8.25. The number of imidazole rings is 1. The molecule has 1 N–H and O–H groups in total. The lowest BCUT2D eigenvalue weighted by Crippen LogP contribution is -2.25. The predicted molar refractivity (Wildman–Crippen MR) is 93.6 cm³/mol. The quantitative estimate of drug-likeness (QED) is 0.815. The van der Waals surface area contributed by atoms with E-state index >= 15 is 0 Å². The summed E-state index contributed by atoms with van der Waals surface area (Å²) in [5, 5.41) is 2.90. The molecule has 0 aliphatic heterocycles. The number of aryl methyl sites for hydroxylation is 1. The van der Waals surface area contributed by atoms with Crippen LogP contribution in [-0.2, 0) is 13.6 Å². The molecule has 0 unspecified atom stereocenters. The molecule has 5 nitrogen and oxygen atoms in total. The third-order valence-corrected chi connectivity index (χ3v) is 3.99. The van der Waals surface area contributed by atoms with E-state index in [-0.39, 0.29) is 5.91 Å². The largest absolute Gasteiger partial charge is 0.372 e. The van der Waals surface area contributed by atoms with Crippen LogP contribution >= 0.6 is 0 Å². The molecular formula is C18H26N4O. The minimum Gasteiger partial charge on any atom is -0.372 e. The number of aromatic nitrogens is 2. The minimum atomic E-state index is -0.0730. The van der Waals surface area contributed by atoms with Gasteiger partial charge in [-0.1, -0.05) is 13.3 Å². The number of unbranched alkanes of at least 4 members (excludes halogenated alkanes) is 1. The molecule has 5 heteroatoms. The smallest absolute Gasteiger partial charge is 0.251 e. The van der Waals surface area contributed by atoms with Crippen LogP contribution in [0.25, 0.3) is 0 Å². The summed E-state index contributed by atoms with van der Waals surface area (Å²) >= 11 is 0. The van der Waals surface area contributed by atoms with E-state index in [1.165, 1.54) is 18.5 Å². The maximum absolute atomic E-state index is 12.2. The molecule has 1 heterocycles. The molecule has 0 fully saturated rings. The third kappa shape index (κ3) is 4.58. The normalized spacial score (nSPS) is 10.6. The van der Waals surface area contributed by atoms with Crippen LogP contribution in [0.5, 0.6) is 0 Å². The van der Waals surface area contributed by atoms with Gasteiger partial charge in [0.2, 0.25) is 0 Å². The van der Waals surface area contributed by atoms with E-state index in [1.807, 2.05) is 42.1 Å². The first-order valence-electron chi connectivity index (χ1n) is 8.25. The standard InChI is InChI=1S/C18H26N4O/c1-4-6-12-22(5-2)16-9-7-15(8-10-16)18(23)20-14-17-19-11-13-21(17)3/h7-11,13H,4-6,12,14H2,1-3H3,(H,20,23). The van der Waals surface area contributed by atoms with E-state index < -0.39 is 0 Å². The van der Waals surface area contributed by atoms with Crippen LogP contribution in [-0.4, -0.2) is 28.5 Å². The number of hydrogen-bond acceptors (Lipinski definition) is 3. The number of amides is 1. The second kappa shape index (κ2) is 8.36. The lowest BCUT2D eigenvalue weighted by molar-refractivity contribution is 0.0949. The van der Waals surface area contributed by atoms with Crippen LogP contribution in [0.1, 0.15) is 42.9 Å². The molecule has 0 saturated heterocycles. The van der Waals surface area contributed by atoms with Crippen molar-refractivity contribution in [2.24, 2.45) is 7.05 Å². The van der Waals surface area contributed by atoms with Gasteiger partial charge in [-0.25, -0.2) is 4.98 Å². The van der Waals surface area contributed by atoms with Crippen molar-refractivity contribution in [3.63, 3.8) is 0 Å². The fourth-order valence-electron chi connectivity index (χ4n) is 2.47. The van der Waals surface area contributed by atoms with Gasteiger partial charge in [0, 0.05) is 43.8 Å². The fraction of sp³-hybridized carbons (Fsp3) is 0.444. The van der Waals surface area contributed by atoms with Gasteiger partial charge in [-0.05, 0) is 37.6 Å². The molecule has 0 spiro atoms. The van der Waals surface area contributed by atoms with Gasteiger partial charge >= 0.3 is 0 Å². The van der Waals surface area contributed by atoms with Crippen LogP contribution in [0.3, 0.4) is 0 Å². The molecule has 0 bridgehead atoms. The number of nitrogens with zero attached hydrogens (tertiary/aromatic N) is 3. The number of nitrogens with one attached hydrogen (secondary N) is 1. The summed E-state index contributed by atoms with van der Waals surface area (Å²) in [5.41, 5.74) is 1.84. The molecular weight excluding hydrogens is 288 g/mol. The number of rotatable bonds is 8. The van der Waals surface area contributed by atoms with E-state index in [0.29, 0.717) is 12.1 Å². The maximum Gasteiger partial charge on any atom is 0.251 e. The Morgan fingerprint density at radius 2 is 2.00 bits per heavy atom. The van der Waals surface area contributed by atoms with Crippen LogP contribution in [0.4, 0.5) is 5.69 Å². The molecule has 0 radical (unpaired) electrons. The van der Waals surface area contributed by atoms with Gasteiger partial charge in [0.15, 0.2) is 0 Å². The maximum atomic E-state index is 12.2. The van der Waals surface area contributed by atoms with Crippen molar-refractivity contribution in [3.05, 3.63) is 48.0 Å². The summed E-state index contributed by atoms with van der Waals surface area (Å²) in [6.45, 7) is 6.82. The minimum absolute atomic E-state index is 0.0730. The zero-order chi connectivity index (χ0) is 16.7.